The third-order valence-electron chi connectivity index (χ3n) is 3.71. The van der Waals surface area contributed by atoms with E-state index in [4.69, 9.17) is 10.00 Å². The van der Waals surface area contributed by atoms with E-state index in [2.05, 4.69) is 0 Å². The highest BCUT2D eigenvalue weighted by molar-refractivity contribution is 6.21. The summed E-state index contributed by atoms with van der Waals surface area (Å²) in [7, 11) is 0. The Morgan fingerprint density at radius 2 is 1.88 bits per heavy atom. The van der Waals surface area contributed by atoms with Gasteiger partial charge in [-0.3, -0.25) is 24.6 Å². The summed E-state index contributed by atoms with van der Waals surface area (Å²) >= 11 is 0. The Morgan fingerprint density at radius 1 is 1.12 bits per heavy atom. The summed E-state index contributed by atoms with van der Waals surface area (Å²) in [6, 6.07) is 12.1. The van der Waals surface area contributed by atoms with Crippen molar-refractivity contribution in [3.05, 3.63) is 69.3 Å². The number of benzene rings is 2. The quantitative estimate of drug-likeness (QED) is 0.469. The molecule has 3 rings (SSSR count). The van der Waals surface area contributed by atoms with E-state index in [1.165, 1.54) is 12.1 Å². The van der Waals surface area contributed by atoms with Crippen molar-refractivity contribution in [1.82, 2.24) is 4.90 Å². The minimum absolute atomic E-state index is 0.00305. The van der Waals surface area contributed by atoms with Crippen molar-refractivity contribution >= 4 is 17.5 Å². The first-order valence-corrected chi connectivity index (χ1v) is 7.29. The Hall–Kier alpha value is -3.73. The lowest BCUT2D eigenvalue weighted by molar-refractivity contribution is -0.384. The van der Waals surface area contributed by atoms with Crippen molar-refractivity contribution in [2.24, 2.45) is 0 Å². The molecular weight excluding hydrogens is 326 g/mol. The molecule has 0 radical (unpaired) electrons. The van der Waals surface area contributed by atoms with Crippen molar-refractivity contribution in [2.45, 2.75) is 0 Å². The van der Waals surface area contributed by atoms with E-state index in [0.717, 1.165) is 11.0 Å². The molecule has 2 aromatic rings. The van der Waals surface area contributed by atoms with Gasteiger partial charge in [-0.25, -0.2) is 0 Å². The second-order valence-corrected chi connectivity index (χ2v) is 5.24. The molecule has 8 heteroatoms. The maximum atomic E-state index is 12.3. The molecule has 0 spiro atoms. The molecule has 0 N–H and O–H groups in total. The standard InChI is InChI=1S/C17H11N3O5/c18-10-11-2-1-3-13(8-11)25-7-6-19-16(21)14-5-4-12(20(23)24)9-15(14)17(19)22/h1-5,8-9H,6-7H2. The van der Waals surface area contributed by atoms with Crippen LogP contribution in [-0.4, -0.2) is 34.8 Å². The number of nitriles is 1. The van der Waals surface area contributed by atoms with E-state index in [1.807, 2.05) is 6.07 Å². The molecule has 124 valence electrons. The van der Waals surface area contributed by atoms with Gasteiger partial charge >= 0.3 is 0 Å². The van der Waals surface area contributed by atoms with Gasteiger partial charge in [-0.05, 0) is 24.3 Å². The third-order valence-corrected chi connectivity index (χ3v) is 3.71. The summed E-state index contributed by atoms with van der Waals surface area (Å²) in [5.74, 6) is -0.645. The Kier molecular flexibility index (Phi) is 4.14. The number of imide groups is 1. The van der Waals surface area contributed by atoms with Gasteiger partial charge in [-0.15, -0.1) is 0 Å². The fraction of sp³-hybridized carbons (Fsp3) is 0.118. The van der Waals surface area contributed by atoms with Crippen LogP contribution in [0.25, 0.3) is 0 Å². The lowest BCUT2D eigenvalue weighted by Crippen LogP contribution is -2.33. The zero-order chi connectivity index (χ0) is 18.0. The molecular formula is C17H11N3O5. The van der Waals surface area contributed by atoms with Crippen molar-refractivity contribution in [3.8, 4) is 11.8 Å². The number of hydrogen-bond acceptors (Lipinski definition) is 6. The fourth-order valence-corrected chi connectivity index (χ4v) is 2.51. The molecule has 1 aliphatic heterocycles. The predicted octanol–water partition coefficient (Wildman–Crippen LogP) is 2.14. The number of carbonyl (C=O) groups excluding carboxylic acids is 2. The molecule has 0 saturated heterocycles. The summed E-state index contributed by atoms with van der Waals surface area (Å²) in [4.78, 5) is 35.8. The molecule has 0 fully saturated rings. The number of carbonyl (C=O) groups is 2. The number of ether oxygens (including phenoxy) is 1. The largest absolute Gasteiger partial charge is 0.492 e. The summed E-state index contributed by atoms with van der Waals surface area (Å²) in [6.07, 6.45) is 0. The lowest BCUT2D eigenvalue weighted by atomic mass is 10.1. The van der Waals surface area contributed by atoms with Crippen LogP contribution in [0.1, 0.15) is 26.3 Å². The first-order chi connectivity index (χ1) is 12.0. The number of nitro groups is 1. The van der Waals surface area contributed by atoms with Gasteiger partial charge in [0.1, 0.15) is 12.4 Å². The fourth-order valence-electron chi connectivity index (χ4n) is 2.51. The van der Waals surface area contributed by atoms with Gasteiger partial charge in [0.15, 0.2) is 0 Å². The molecule has 0 bridgehead atoms. The van der Waals surface area contributed by atoms with E-state index in [9.17, 15) is 19.7 Å². The zero-order valence-corrected chi connectivity index (χ0v) is 12.8. The van der Waals surface area contributed by atoms with Crippen LogP contribution in [0.3, 0.4) is 0 Å². The first kappa shape index (κ1) is 16.1. The van der Waals surface area contributed by atoms with Gasteiger partial charge in [0.25, 0.3) is 17.5 Å². The summed E-state index contributed by atoms with van der Waals surface area (Å²) in [5, 5.41) is 19.6. The Balaban J connectivity index is 1.70. The maximum absolute atomic E-state index is 12.3. The highest BCUT2D eigenvalue weighted by Crippen LogP contribution is 2.26. The van der Waals surface area contributed by atoms with Crippen LogP contribution in [0.15, 0.2) is 42.5 Å². The van der Waals surface area contributed by atoms with Crippen LogP contribution in [0.5, 0.6) is 5.75 Å². The Morgan fingerprint density at radius 3 is 2.60 bits per heavy atom. The van der Waals surface area contributed by atoms with Crippen molar-refractivity contribution < 1.29 is 19.2 Å². The third kappa shape index (κ3) is 3.03. The van der Waals surface area contributed by atoms with Crippen LogP contribution >= 0.6 is 0 Å². The molecule has 1 aliphatic rings. The number of fused-ring (bicyclic) bond motifs is 1. The monoisotopic (exact) mass is 337 g/mol. The molecule has 2 aromatic carbocycles. The molecule has 0 aliphatic carbocycles. The van der Waals surface area contributed by atoms with Gasteiger partial charge in [0.05, 0.1) is 34.2 Å². The summed E-state index contributed by atoms with van der Waals surface area (Å²) < 4.78 is 5.46. The van der Waals surface area contributed by atoms with Crippen LogP contribution in [0.2, 0.25) is 0 Å². The van der Waals surface area contributed by atoms with Gasteiger partial charge in [-0.2, -0.15) is 5.26 Å². The second-order valence-electron chi connectivity index (χ2n) is 5.24. The number of amides is 2. The molecule has 8 nitrogen and oxygen atoms in total. The molecule has 0 aromatic heterocycles. The van der Waals surface area contributed by atoms with Gasteiger partial charge < -0.3 is 4.74 Å². The van der Waals surface area contributed by atoms with Gasteiger partial charge in [0.2, 0.25) is 0 Å². The molecule has 2 amide bonds. The minimum Gasteiger partial charge on any atom is -0.492 e. The topological polar surface area (TPSA) is 114 Å². The SMILES string of the molecule is N#Cc1cccc(OCCN2C(=O)c3ccc([N+](=O)[O-])cc3C2=O)c1. The first-order valence-electron chi connectivity index (χ1n) is 7.29. The predicted molar refractivity (Wildman–Crippen MR) is 85.1 cm³/mol. The molecule has 25 heavy (non-hydrogen) atoms. The van der Waals surface area contributed by atoms with Crippen LogP contribution in [-0.2, 0) is 0 Å². The van der Waals surface area contributed by atoms with Crippen LogP contribution in [0.4, 0.5) is 5.69 Å². The number of rotatable bonds is 5. The average molecular weight is 337 g/mol. The Bertz CT molecular complexity index is 932. The Labute approximate surface area is 142 Å². The molecule has 0 unspecified atom stereocenters. The highest BCUT2D eigenvalue weighted by Gasteiger charge is 2.36. The van der Waals surface area contributed by atoms with Crippen LogP contribution < -0.4 is 4.74 Å². The lowest BCUT2D eigenvalue weighted by Gasteiger charge is -2.14. The summed E-state index contributed by atoms with van der Waals surface area (Å²) in [6.45, 7) is 0.0410. The van der Waals surface area contributed by atoms with E-state index in [0.29, 0.717) is 11.3 Å². The number of non-ortho nitro benzene ring substituents is 1. The van der Waals surface area contributed by atoms with Crippen molar-refractivity contribution in [2.75, 3.05) is 13.2 Å². The summed E-state index contributed by atoms with van der Waals surface area (Å²) in [5.41, 5.74) is 0.351. The minimum atomic E-state index is -0.619. The van der Waals surface area contributed by atoms with E-state index in [-0.39, 0.29) is 30.0 Å². The van der Waals surface area contributed by atoms with E-state index >= 15 is 0 Å². The average Bonchev–Trinajstić information content (AvgIpc) is 2.86. The molecule has 1 heterocycles. The zero-order valence-electron chi connectivity index (χ0n) is 12.8. The van der Waals surface area contributed by atoms with Crippen molar-refractivity contribution in [1.29, 1.82) is 5.26 Å². The van der Waals surface area contributed by atoms with E-state index < -0.39 is 16.7 Å². The number of nitro benzene ring substituents is 1. The van der Waals surface area contributed by atoms with Crippen molar-refractivity contribution in [3.63, 3.8) is 0 Å². The smallest absolute Gasteiger partial charge is 0.270 e. The number of nitrogens with zero attached hydrogens (tertiary/aromatic N) is 3. The van der Waals surface area contributed by atoms with Gasteiger partial charge in [-0.1, -0.05) is 6.07 Å². The van der Waals surface area contributed by atoms with Crippen LogP contribution in [0, 0.1) is 21.4 Å². The number of hydrogen-bond donors (Lipinski definition) is 0. The maximum Gasteiger partial charge on any atom is 0.270 e. The van der Waals surface area contributed by atoms with E-state index in [1.54, 1.807) is 24.3 Å². The molecule has 0 saturated carbocycles. The van der Waals surface area contributed by atoms with Gasteiger partial charge in [0, 0.05) is 12.1 Å². The highest BCUT2D eigenvalue weighted by atomic mass is 16.6. The normalized spacial score (nSPS) is 12.7. The molecule has 0 atom stereocenters. The second kappa shape index (κ2) is 6.41.